The van der Waals surface area contributed by atoms with Crippen LogP contribution < -0.4 is 4.90 Å². The van der Waals surface area contributed by atoms with Crippen LogP contribution in [0.1, 0.15) is 25.0 Å². The molecule has 0 saturated carbocycles. The third kappa shape index (κ3) is 4.91. The third-order valence-electron chi connectivity index (χ3n) is 9.44. The lowest BCUT2D eigenvalue weighted by atomic mass is 9.73. The first kappa shape index (κ1) is 27.9. The van der Waals surface area contributed by atoms with E-state index in [9.17, 15) is 0 Å². The molecule has 1 heteroatoms. The van der Waals surface area contributed by atoms with E-state index in [-0.39, 0.29) is 5.41 Å². The van der Waals surface area contributed by atoms with E-state index in [1.165, 1.54) is 67.0 Å². The molecule has 7 aromatic carbocycles. The highest BCUT2D eigenvalue weighted by Crippen LogP contribution is 2.52. The number of anilines is 3. The van der Waals surface area contributed by atoms with Crippen molar-refractivity contribution in [3.8, 4) is 44.5 Å². The maximum Gasteiger partial charge on any atom is 0.0503 e. The minimum absolute atomic E-state index is 0.179. The Labute approximate surface area is 272 Å². The first-order valence-electron chi connectivity index (χ1n) is 16.0. The zero-order valence-electron chi connectivity index (χ0n) is 26.2. The van der Waals surface area contributed by atoms with E-state index in [2.05, 4.69) is 195 Å². The molecular weight excluding hydrogens is 555 g/mol. The van der Waals surface area contributed by atoms with E-state index < -0.39 is 0 Å². The van der Waals surface area contributed by atoms with Crippen LogP contribution in [0.25, 0.3) is 44.5 Å². The van der Waals surface area contributed by atoms with Gasteiger partial charge < -0.3 is 4.90 Å². The van der Waals surface area contributed by atoms with Crippen molar-refractivity contribution in [2.75, 3.05) is 4.90 Å². The monoisotopic (exact) mass is 589 g/mol. The van der Waals surface area contributed by atoms with Crippen molar-refractivity contribution in [1.82, 2.24) is 0 Å². The van der Waals surface area contributed by atoms with Crippen LogP contribution in [0.4, 0.5) is 17.1 Å². The molecule has 1 nitrogen and oxygen atoms in total. The van der Waals surface area contributed by atoms with Gasteiger partial charge in [0.2, 0.25) is 0 Å². The highest BCUT2D eigenvalue weighted by atomic mass is 15.2. The highest BCUT2D eigenvalue weighted by Gasteiger charge is 2.37. The summed E-state index contributed by atoms with van der Waals surface area (Å²) in [7, 11) is 0. The summed E-state index contributed by atoms with van der Waals surface area (Å²) in [6, 6.07) is 63.9. The summed E-state index contributed by atoms with van der Waals surface area (Å²) >= 11 is 0. The van der Waals surface area contributed by atoms with Crippen LogP contribution in [0.5, 0.6) is 0 Å². The molecule has 0 N–H and O–H groups in total. The van der Waals surface area contributed by atoms with Crippen molar-refractivity contribution in [3.05, 3.63) is 187 Å². The maximum atomic E-state index is 2.43. The zero-order chi connectivity index (χ0) is 31.1. The standard InChI is InChI=1S/C45H35N/c1-45(2)41-20-12-13-21-43(41)46(40-25-22-35(23-26-40)32-14-6-3-7-15-32)44-27-24-36(31-42(44)45)39-29-37(33-16-8-4-9-17-33)28-38(30-39)34-18-10-5-11-19-34/h3-31H,1-2H3. The highest BCUT2D eigenvalue weighted by molar-refractivity contribution is 5.89. The quantitative estimate of drug-likeness (QED) is 0.193. The number of nitrogens with zero attached hydrogens (tertiary/aromatic N) is 1. The van der Waals surface area contributed by atoms with Crippen molar-refractivity contribution in [3.63, 3.8) is 0 Å². The van der Waals surface area contributed by atoms with Crippen LogP contribution in [-0.2, 0) is 5.41 Å². The molecule has 7 aromatic rings. The van der Waals surface area contributed by atoms with Crippen LogP contribution in [0.3, 0.4) is 0 Å². The maximum absolute atomic E-state index is 2.43. The number of benzene rings is 7. The van der Waals surface area contributed by atoms with Gasteiger partial charge in [0.25, 0.3) is 0 Å². The number of rotatable bonds is 5. The Morgan fingerprint density at radius 2 is 0.739 bits per heavy atom. The summed E-state index contributed by atoms with van der Waals surface area (Å²) < 4.78 is 0. The molecule has 0 fully saturated rings. The van der Waals surface area contributed by atoms with Crippen molar-refractivity contribution >= 4 is 17.1 Å². The Bertz CT molecular complexity index is 2090. The minimum Gasteiger partial charge on any atom is -0.310 e. The molecule has 0 bridgehead atoms. The third-order valence-corrected chi connectivity index (χ3v) is 9.44. The van der Waals surface area contributed by atoms with E-state index in [0.29, 0.717) is 0 Å². The fraction of sp³-hybridized carbons (Fsp3) is 0.0667. The molecule has 1 heterocycles. The van der Waals surface area contributed by atoms with Gasteiger partial charge in [0.05, 0.1) is 11.4 Å². The van der Waals surface area contributed by atoms with Gasteiger partial charge in [-0.3, -0.25) is 0 Å². The van der Waals surface area contributed by atoms with Gasteiger partial charge in [-0.25, -0.2) is 0 Å². The van der Waals surface area contributed by atoms with Crippen molar-refractivity contribution in [2.24, 2.45) is 0 Å². The van der Waals surface area contributed by atoms with Crippen molar-refractivity contribution in [1.29, 1.82) is 0 Å². The molecule has 1 aliphatic rings. The summed E-state index contributed by atoms with van der Waals surface area (Å²) in [4.78, 5) is 2.43. The average molecular weight is 590 g/mol. The second-order valence-electron chi connectivity index (χ2n) is 12.7. The van der Waals surface area contributed by atoms with E-state index in [4.69, 9.17) is 0 Å². The number of hydrogen-bond donors (Lipinski definition) is 0. The Hall–Kier alpha value is -5.66. The minimum atomic E-state index is -0.179. The molecule has 0 amide bonds. The van der Waals surface area contributed by atoms with E-state index in [0.717, 1.165) is 5.69 Å². The van der Waals surface area contributed by atoms with Gasteiger partial charge in [0.15, 0.2) is 0 Å². The smallest absolute Gasteiger partial charge is 0.0503 e. The van der Waals surface area contributed by atoms with Crippen LogP contribution in [0, 0.1) is 0 Å². The molecule has 0 unspecified atom stereocenters. The molecule has 0 radical (unpaired) electrons. The normalized spacial score (nSPS) is 13.1. The second-order valence-corrected chi connectivity index (χ2v) is 12.7. The summed E-state index contributed by atoms with van der Waals surface area (Å²) in [5.74, 6) is 0. The van der Waals surface area contributed by atoms with Crippen molar-refractivity contribution in [2.45, 2.75) is 19.3 Å². The van der Waals surface area contributed by atoms with Crippen LogP contribution in [0.2, 0.25) is 0 Å². The summed E-state index contributed by atoms with van der Waals surface area (Å²) in [6.45, 7) is 4.72. The number of fused-ring (bicyclic) bond motifs is 2. The van der Waals surface area contributed by atoms with Crippen LogP contribution in [0.15, 0.2) is 176 Å². The molecular formula is C45H35N. The summed E-state index contributed by atoms with van der Waals surface area (Å²) in [6.07, 6.45) is 0. The van der Waals surface area contributed by atoms with Gasteiger partial charge in [-0.15, -0.1) is 0 Å². The molecule has 1 aliphatic heterocycles. The Kier molecular flexibility index (Phi) is 6.88. The largest absolute Gasteiger partial charge is 0.310 e. The van der Waals surface area contributed by atoms with Gasteiger partial charge in [-0.1, -0.05) is 141 Å². The van der Waals surface area contributed by atoms with E-state index in [1.807, 2.05) is 0 Å². The lowest BCUT2D eigenvalue weighted by molar-refractivity contribution is 0.632. The SMILES string of the molecule is CC1(C)c2ccccc2N(c2ccc(-c3ccccc3)cc2)c2ccc(-c3cc(-c4ccccc4)cc(-c4ccccc4)c3)cc21. The molecule has 0 spiro atoms. The Morgan fingerprint density at radius 3 is 1.30 bits per heavy atom. The predicted molar refractivity (Wildman–Crippen MR) is 195 cm³/mol. The predicted octanol–water partition coefficient (Wildman–Crippen LogP) is 12.5. The van der Waals surface area contributed by atoms with E-state index >= 15 is 0 Å². The molecule has 0 saturated heterocycles. The van der Waals surface area contributed by atoms with Gasteiger partial charge in [-0.05, 0) is 104 Å². The molecule has 0 aliphatic carbocycles. The van der Waals surface area contributed by atoms with Crippen molar-refractivity contribution < 1.29 is 0 Å². The van der Waals surface area contributed by atoms with Gasteiger partial charge >= 0.3 is 0 Å². The molecule has 46 heavy (non-hydrogen) atoms. The fourth-order valence-corrected chi connectivity index (χ4v) is 6.98. The Balaban J connectivity index is 1.28. The molecule has 8 rings (SSSR count). The van der Waals surface area contributed by atoms with Crippen LogP contribution in [-0.4, -0.2) is 0 Å². The van der Waals surface area contributed by atoms with Gasteiger partial charge in [0, 0.05) is 11.1 Å². The molecule has 0 aromatic heterocycles. The topological polar surface area (TPSA) is 3.24 Å². The second kappa shape index (κ2) is 11.4. The first-order chi connectivity index (χ1) is 22.6. The fourth-order valence-electron chi connectivity index (χ4n) is 6.98. The number of para-hydroxylation sites is 1. The first-order valence-corrected chi connectivity index (χ1v) is 16.0. The average Bonchev–Trinajstić information content (AvgIpc) is 3.13. The summed E-state index contributed by atoms with van der Waals surface area (Å²) in [5, 5.41) is 0. The van der Waals surface area contributed by atoms with E-state index in [1.54, 1.807) is 0 Å². The lowest BCUT2D eigenvalue weighted by Gasteiger charge is -2.42. The Morgan fingerprint density at radius 1 is 0.326 bits per heavy atom. The molecule has 220 valence electrons. The van der Waals surface area contributed by atoms with Gasteiger partial charge in [-0.2, -0.15) is 0 Å². The summed E-state index contributed by atoms with van der Waals surface area (Å²) in [5.41, 5.74) is 15.9. The van der Waals surface area contributed by atoms with Gasteiger partial charge in [0.1, 0.15) is 0 Å². The van der Waals surface area contributed by atoms with Crippen LogP contribution >= 0.6 is 0 Å². The molecule has 0 atom stereocenters. The number of hydrogen-bond acceptors (Lipinski definition) is 1. The zero-order valence-corrected chi connectivity index (χ0v) is 26.2. The lowest BCUT2D eigenvalue weighted by Crippen LogP contribution is -2.30.